The molecule has 120 valence electrons. The zero-order valence-electron chi connectivity index (χ0n) is 13.0. The molecule has 5 heteroatoms. The van der Waals surface area contributed by atoms with Gasteiger partial charge in [-0.15, -0.1) is 0 Å². The van der Waals surface area contributed by atoms with Crippen LogP contribution in [0.4, 0.5) is 5.69 Å². The Bertz CT molecular complexity index is 686. The summed E-state index contributed by atoms with van der Waals surface area (Å²) in [6, 6.07) is 15.7. The van der Waals surface area contributed by atoms with E-state index in [1.54, 1.807) is 18.2 Å². The van der Waals surface area contributed by atoms with Crippen molar-refractivity contribution in [2.24, 2.45) is 5.92 Å². The number of halogens is 1. The van der Waals surface area contributed by atoms with Crippen LogP contribution in [0.15, 0.2) is 59.1 Å². The minimum atomic E-state index is -0.616. The van der Waals surface area contributed by atoms with Crippen molar-refractivity contribution in [3.05, 3.63) is 64.6 Å². The maximum absolute atomic E-state index is 12.5. The highest BCUT2D eigenvalue weighted by atomic mass is 79.9. The van der Waals surface area contributed by atoms with Gasteiger partial charge in [0.25, 0.3) is 5.91 Å². The molecule has 4 nitrogen and oxygen atoms in total. The summed E-state index contributed by atoms with van der Waals surface area (Å²) in [5, 5.41) is 5.64. The van der Waals surface area contributed by atoms with Crippen LogP contribution in [0.3, 0.4) is 0 Å². The molecule has 2 N–H and O–H groups in total. The molecule has 0 radical (unpaired) electrons. The molecule has 0 saturated carbocycles. The Labute approximate surface area is 144 Å². The van der Waals surface area contributed by atoms with Gasteiger partial charge in [0, 0.05) is 10.2 Å². The molecule has 1 atom stereocenters. The van der Waals surface area contributed by atoms with Gasteiger partial charge in [-0.2, -0.15) is 0 Å². The number of amides is 2. The molecular weight excluding hydrogens is 356 g/mol. The second-order valence-electron chi connectivity index (χ2n) is 5.53. The third-order valence-electron chi connectivity index (χ3n) is 3.40. The zero-order chi connectivity index (χ0) is 16.8. The van der Waals surface area contributed by atoms with E-state index >= 15 is 0 Å². The number of rotatable bonds is 5. The lowest BCUT2D eigenvalue weighted by molar-refractivity contribution is -0.118. The highest BCUT2D eigenvalue weighted by molar-refractivity contribution is 9.10. The summed E-state index contributed by atoms with van der Waals surface area (Å²) in [5.74, 6) is -0.545. The highest BCUT2D eigenvalue weighted by Crippen LogP contribution is 2.17. The summed E-state index contributed by atoms with van der Waals surface area (Å²) in [6.07, 6.45) is 0. The van der Waals surface area contributed by atoms with Gasteiger partial charge in [-0.3, -0.25) is 9.59 Å². The number of para-hydroxylation sites is 1. The molecule has 2 rings (SSSR count). The van der Waals surface area contributed by atoms with Gasteiger partial charge in [-0.25, -0.2) is 0 Å². The summed E-state index contributed by atoms with van der Waals surface area (Å²) >= 11 is 3.35. The van der Waals surface area contributed by atoms with Crippen molar-refractivity contribution in [1.29, 1.82) is 0 Å². The molecule has 23 heavy (non-hydrogen) atoms. The van der Waals surface area contributed by atoms with E-state index in [4.69, 9.17) is 0 Å². The number of carbonyl (C=O) groups is 2. The third-order valence-corrected chi connectivity index (χ3v) is 4.09. The molecule has 0 aliphatic carbocycles. The third kappa shape index (κ3) is 4.66. The first-order valence-corrected chi connectivity index (χ1v) is 8.19. The van der Waals surface area contributed by atoms with E-state index in [-0.39, 0.29) is 17.7 Å². The molecule has 2 aromatic carbocycles. The normalized spacial score (nSPS) is 11.8. The highest BCUT2D eigenvalue weighted by Gasteiger charge is 2.25. The first-order chi connectivity index (χ1) is 11.0. The van der Waals surface area contributed by atoms with Crippen LogP contribution in [-0.2, 0) is 4.79 Å². The van der Waals surface area contributed by atoms with Gasteiger partial charge in [0.05, 0.1) is 5.56 Å². The molecule has 0 heterocycles. The lowest BCUT2D eigenvalue weighted by Crippen LogP contribution is -2.47. The van der Waals surface area contributed by atoms with E-state index in [1.807, 2.05) is 50.2 Å². The van der Waals surface area contributed by atoms with E-state index < -0.39 is 6.04 Å². The van der Waals surface area contributed by atoms with Crippen molar-refractivity contribution in [3.8, 4) is 0 Å². The molecular formula is C18H19BrN2O2. The summed E-state index contributed by atoms with van der Waals surface area (Å²) in [5.41, 5.74) is 1.21. The SMILES string of the molecule is CC(C)[C@@H](NC(=O)c1ccccc1Br)C(=O)Nc1ccccc1. The van der Waals surface area contributed by atoms with Crippen LogP contribution >= 0.6 is 15.9 Å². The summed E-state index contributed by atoms with van der Waals surface area (Å²) in [7, 11) is 0. The Hall–Kier alpha value is -2.14. The Balaban J connectivity index is 2.11. The molecule has 2 aromatic rings. The summed E-state index contributed by atoms with van der Waals surface area (Å²) < 4.78 is 0.698. The molecule has 2 amide bonds. The van der Waals surface area contributed by atoms with E-state index in [0.717, 1.165) is 0 Å². The second kappa shape index (κ2) is 7.92. The van der Waals surface area contributed by atoms with Crippen LogP contribution < -0.4 is 10.6 Å². The smallest absolute Gasteiger partial charge is 0.253 e. The van der Waals surface area contributed by atoms with Gasteiger partial charge in [-0.1, -0.05) is 44.2 Å². The number of nitrogens with one attached hydrogen (secondary N) is 2. The largest absolute Gasteiger partial charge is 0.340 e. The van der Waals surface area contributed by atoms with Crippen molar-refractivity contribution in [1.82, 2.24) is 5.32 Å². The second-order valence-corrected chi connectivity index (χ2v) is 6.38. The fourth-order valence-electron chi connectivity index (χ4n) is 2.14. The molecule has 0 spiro atoms. The maximum atomic E-state index is 12.5. The van der Waals surface area contributed by atoms with Crippen molar-refractivity contribution >= 4 is 33.4 Å². The lowest BCUT2D eigenvalue weighted by atomic mass is 10.0. The molecule has 0 unspecified atom stereocenters. The average molecular weight is 375 g/mol. The molecule has 0 bridgehead atoms. The number of anilines is 1. The molecule has 0 saturated heterocycles. The number of hydrogen-bond donors (Lipinski definition) is 2. The van der Waals surface area contributed by atoms with Crippen molar-refractivity contribution in [2.45, 2.75) is 19.9 Å². The van der Waals surface area contributed by atoms with Crippen LogP contribution in [-0.4, -0.2) is 17.9 Å². The summed E-state index contributed by atoms with van der Waals surface area (Å²) in [6.45, 7) is 3.80. The van der Waals surface area contributed by atoms with Gasteiger partial charge >= 0.3 is 0 Å². The van der Waals surface area contributed by atoms with E-state index in [2.05, 4.69) is 26.6 Å². The molecule has 0 fully saturated rings. The number of hydrogen-bond acceptors (Lipinski definition) is 2. The Kier molecular flexibility index (Phi) is 5.93. The quantitative estimate of drug-likeness (QED) is 0.834. The molecule has 0 aliphatic heterocycles. The van der Waals surface area contributed by atoms with Crippen LogP contribution in [0.5, 0.6) is 0 Å². The van der Waals surface area contributed by atoms with Crippen molar-refractivity contribution in [2.75, 3.05) is 5.32 Å². The van der Waals surface area contributed by atoms with Gasteiger partial charge in [-0.05, 0) is 46.1 Å². The van der Waals surface area contributed by atoms with Crippen molar-refractivity contribution < 1.29 is 9.59 Å². The Morgan fingerprint density at radius 1 is 0.957 bits per heavy atom. The first-order valence-electron chi connectivity index (χ1n) is 7.40. The van der Waals surface area contributed by atoms with Crippen LogP contribution in [0, 0.1) is 5.92 Å². The molecule has 0 aliphatic rings. The fourth-order valence-corrected chi connectivity index (χ4v) is 2.61. The maximum Gasteiger partial charge on any atom is 0.253 e. The topological polar surface area (TPSA) is 58.2 Å². The van der Waals surface area contributed by atoms with Crippen LogP contribution in [0.2, 0.25) is 0 Å². The number of benzene rings is 2. The van der Waals surface area contributed by atoms with Crippen LogP contribution in [0.1, 0.15) is 24.2 Å². The lowest BCUT2D eigenvalue weighted by Gasteiger charge is -2.22. The minimum absolute atomic E-state index is 0.0369. The summed E-state index contributed by atoms with van der Waals surface area (Å²) in [4.78, 5) is 24.9. The predicted octanol–water partition coefficient (Wildman–Crippen LogP) is 3.84. The average Bonchev–Trinajstić information content (AvgIpc) is 2.53. The van der Waals surface area contributed by atoms with Crippen molar-refractivity contribution in [3.63, 3.8) is 0 Å². The zero-order valence-corrected chi connectivity index (χ0v) is 14.6. The molecule has 0 aromatic heterocycles. The van der Waals surface area contributed by atoms with Crippen LogP contribution in [0.25, 0.3) is 0 Å². The van der Waals surface area contributed by atoms with Gasteiger partial charge < -0.3 is 10.6 Å². The van der Waals surface area contributed by atoms with E-state index in [1.165, 1.54) is 0 Å². The monoisotopic (exact) mass is 374 g/mol. The van der Waals surface area contributed by atoms with E-state index in [0.29, 0.717) is 15.7 Å². The van der Waals surface area contributed by atoms with Gasteiger partial charge in [0.1, 0.15) is 6.04 Å². The van der Waals surface area contributed by atoms with E-state index in [9.17, 15) is 9.59 Å². The number of carbonyl (C=O) groups excluding carboxylic acids is 2. The minimum Gasteiger partial charge on any atom is -0.340 e. The first kappa shape index (κ1) is 17.2. The Morgan fingerprint density at radius 2 is 1.57 bits per heavy atom. The Morgan fingerprint density at radius 3 is 2.17 bits per heavy atom. The van der Waals surface area contributed by atoms with Gasteiger partial charge in [0.2, 0.25) is 5.91 Å². The standard InChI is InChI=1S/C18H19BrN2O2/c1-12(2)16(18(23)20-13-8-4-3-5-9-13)21-17(22)14-10-6-7-11-15(14)19/h3-12,16H,1-2H3,(H,20,23)(H,21,22)/t16-/m1/s1. The predicted molar refractivity (Wildman–Crippen MR) is 95.3 cm³/mol. The van der Waals surface area contributed by atoms with Gasteiger partial charge in [0.15, 0.2) is 0 Å². The fraction of sp³-hybridized carbons (Fsp3) is 0.222.